The van der Waals surface area contributed by atoms with Crippen LogP contribution in [0.5, 0.6) is 5.75 Å². The number of carbonyl (C=O) groups excluding carboxylic acids is 2. The Hall–Kier alpha value is -3.46. The summed E-state index contributed by atoms with van der Waals surface area (Å²) < 4.78 is 12.5. The fourth-order valence-electron chi connectivity index (χ4n) is 3.10. The van der Waals surface area contributed by atoms with Gasteiger partial charge in [-0.3, -0.25) is 4.79 Å². The first-order chi connectivity index (χ1) is 15.5. The molecule has 1 amide bonds. The predicted octanol–water partition coefficient (Wildman–Crippen LogP) is 5.17. The van der Waals surface area contributed by atoms with Gasteiger partial charge >= 0.3 is 5.97 Å². The van der Waals surface area contributed by atoms with E-state index in [2.05, 4.69) is 39.0 Å². The molecule has 1 heterocycles. The molecule has 1 N–H and O–H groups in total. The molecule has 7 heteroatoms. The van der Waals surface area contributed by atoms with Gasteiger partial charge in [0.25, 0.3) is 0 Å². The summed E-state index contributed by atoms with van der Waals surface area (Å²) in [5.74, 6) is 0.177. The molecule has 3 aromatic carbocycles. The minimum atomic E-state index is -0.529. The summed E-state index contributed by atoms with van der Waals surface area (Å²) in [4.78, 5) is 27.9. The average Bonchev–Trinajstić information content (AvgIpc) is 3.13. The zero-order chi connectivity index (χ0) is 22.5. The number of amides is 1. The Labute approximate surface area is 199 Å². The third kappa shape index (κ3) is 5.42. The second kappa shape index (κ2) is 9.78. The SMILES string of the molecule is CC(=O)Nc1ccc(C2=N/C(=C\c3ccccc3OCc3cccc(I)c3)C(=O)O2)cc1. The quantitative estimate of drug-likeness (QED) is 0.267. The van der Waals surface area contributed by atoms with Gasteiger partial charge in [0, 0.05) is 27.3 Å². The highest BCUT2D eigenvalue weighted by Gasteiger charge is 2.24. The summed E-state index contributed by atoms with van der Waals surface area (Å²) in [5.41, 5.74) is 3.27. The Balaban J connectivity index is 1.54. The number of anilines is 1. The van der Waals surface area contributed by atoms with Crippen molar-refractivity contribution in [3.63, 3.8) is 0 Å². The molecular formula is C25H19IN2O4. The molecule has 0 spiro atoms. The van der Waals surface area contributed by atoms with Crippen molar-refractivity contribution in [1.82, 2.24) is 0 Å². The molecule has 0 radical (unpaired) electrons. The van der Waals surface area contributed by atoms with Crippen LogP contribution in [0.1, 0.15) is 23.6 Å². The van der Waals surface area contributed by atoms with E-state index in [0.29, 0.717) is 23.6 Å². The largest absolute Gasteiger partial charge is 0.488 e. The van der Waals surface area contributed by atoms with Gasteiger partial charge in [-0.1, -0.05) is 30.3 Å². The predicted molar refractivity (Wildman–Crippen MR) is 131 cm³/mol. The molecular weight excluding hydrogens is 519 g/mol. The van der Waals surface area contributed by atoms with Gasteiger partial charge in [0.1, 0.15) is 12.4 Å². The molecule has 0 saturated carbocycles. The minimum Gasteiger partial charge on any atom is -0.488 e. The highest BCUT2D eigenvalue weighted by atomic mass is 127. The average molecular weight is 538 g/mol. The second-order valence-corrected chi connectivity index (χ2v) is 8.30. The van der Waals surface area contributed by atoms with Crippen LogP contribution in [0, 0.1) is 3.57 Å². The number of benzene rings is 3. The van der Waals surface area contributed by atoms with E-state index in [4.69, 9.17) is 9.47 Å². The van der Waals surface area contributed by atoms with Crippen LogP contribution >= 0.6 is 22.6 Å². The Bertz CT molecular complexity index is 1230. The summed E-state index contributed by atoms with van der Waals surface area (Å²) >= 11 is 2.27. The van der Waals surface area contributed by atoms with Gasteiger partial charge in [-0.2, -0.15) is 0 Å². The number of cyclic esters (lactones) is 1. The van der Waals surface area contributed by atoms with E-state index in [1.807, 2.05) is 42.5 Å². The molecule has 3 aromatic rings. The van der Waals surface area contributed by atoms with Crippen LogP contribution in [0.4, 0.5) is 5.69 Å². The molecule has 160 valence electrons. The lowest BCUT2D eigenvalue weighted by atomic mass is 10.1. The normalized spacial score (nSPS) is 14.1. The number of hydrogen-bond donors (Lipinski definition) is 1. The van der Waals surface area contributed by atoms with E-state index in [-0.39, 0.29) is 17.5 Å². The maximum atomic E-state index is 12.4. The Morgan fingerprint density at radius 1 is 1.09 bits per heavy atom. The molecule has 1 aliphatic heterocycles. The first-order valence-electron chi connectivity index (χ1n) is 9.85. The van der Waals surface area contributed by atoms with Crippen LogP contribution in [0.2, 0.25) is 0 Å². The van der Waals surface area contributed by atoms with Crippen molar-refractivity contribution in [3.05, 3.63) is 98.8 Å². The van der Waals surface area contributed by atoms with Crippen molar-refractivity contribution in [2.24, 2.45) is 4.99 Å². The molecule has 6 nitrogen and oxygen atoms in total. The van der Waals surface area contributed by atoms with Gasteiger partial charge in [-0.15, -0.1) is 0 Å². The summed E-state index contributed by atoms with van der Waals surface area (Å²) in [6, 6.07) is 22.5. The van der Waals surface area contributed by atoms with Gasteiger partial charge < -0.3 is 14.8 Å². The molecule has 0 saturated heterocycles. The highest BCUT2D eigenvalue weighted by Crippen LogP contribution is 2.26. The van der Waals surface area contributed by atoms with Crippen molar-refractivity contribution in [2.45, 2.75) is 13.5 Å². The lowest BCUT2D eigenvalue weighted by Crippen LogP contribution is -2.07. The first-order valence-corrected chi connectivity index (χ1v) is 10.9. The minimum absolute atomic E-state index is 0.157. The van der Waals surface area contributed by atoms with Crippen molar-refractivity contribution in [2.75, 3.05) is 5.32 Å². The molecule has 0 aliphatic carbocycles. The van der Waals surface area contributed by atoms with E-state index >= 15 is 0 Å². The standard InChI is InChI=1S/C25H19IN2O4/c1-16(29)27-21-11-9-18(10-12-21)24-28-22(25(30)32-24)14-19-6-2-3-8-23(19)31-15-17-5-4-7-20(26)13-17/h2-14H,15H2,1H3,(H,27,29)/b22-14-. The smallest absolute Gasteiger partial charge is 0.363 e. The van der Waals surface area contributed by atoms with Gasteiger partial charge in [0.2, 0.25) is 11.8 Å². The van der Waals surface area contributed by atoms with Crippen LogP contribution in [0.25, 0.3) is 6.08 Å². The summed E-state index contributed by atoms with van der Waals surface area (Å²) in [6.45, 7) is 1.85. The highest BCUT2D eigenvalue weighted by molar-refractivity contribution is 14.1. The topological polar surface area (TPSA) is 77.0 Å². The molecule has 0 bridgehead atoms. The van der Waals surface area contributed by atoms with E-state index in [9.17, 15) is 9.59 Å². The number of carbonyl (C=O) groups is 2. The summed E-state index contributed by atoms with van der Waals surface area (Å²) in [5, 5.41) is 2.69. The fraction of sp³-hybridized carbons (Fsp3) is 0.0800. The maximum Gasteiger partial charge on any atom is 0.363 e. The first kappa shape index (κ1) is 21.8. The van der Waals surface area contributed by atoms with E-state index in [1.54, 1.807) is 30.3 Å². The van der Waals surface area contributed by atoms with Crippen LogP contribution in [0.15, 0.2) is 83.5 Å². The lowest BCUT2D eigenvalue weighted by molar-refractivity contribution is -0.129. The van der Waals surface area contributed by atoms with E-state index < -0.39 is 5.97 Å². The number of aliphatic imine (C=N–C) groups is 1. The molecule has 4 rings (SSSR count). The molecule has 0 fully saturated rings. The third-order valence-electron chi connectivity index (χ3n) is 4.57. The third-order valence-corrected chi connectivity index (χ3v) is 5.24. The van der Waals surface area contributed by atoms with Crippen LogP contribution in [-0.2, 0) is 20.9 Å². The fourth-order valence-corrected chi connectivity index (χ4v) is 3.71. The van der Waals surface area contributed by atoms with E-state index in [0.717, 1.165) is 14.7 Å². The number of nitrogens with zero attached hydrogens (tertiary/aromatic N) is 1. The Morgan fingerprint density at radius 2 is 1.88 bits per heavy atom. The number of esters is 1. The zero-order valence-corrected chi connectivity index (χ0v) is 19.3. The van der Waals surface area contributed by atoms with Gasteiger partial charge in [0.15, 0.2) is 5.70 Å². The van der Waals surface area contributed by atoms with Crippen molar-refractivity contribution in [3.8, 4) is 5.75 Å². The maximum absolute atomic E-state index is 12.4. The van der Waals surface area contributed by atoms with Gasteiger partial charge in [-0.05, 0) is 76.7 Å². The van der Waals surface area contributed by atoms with Gasteiger partial charge in [-0.25, -0.2) is 9.79 Å². The molecule has 0 atom stereocenters. The molecule has 0 unspecified atom stereocenters. The number of para-hydroxylation sites is 1. The van der Waals surface area contributed by atoms with Crippen LogP contribution < -0.4 is 10.1 Å². The molecule has 0 aromatic heterocycles. The number of nitrogens with one attached hydrogen (secondary N) is 1. The lowest BCUT2D eigenvalue weighted by Gasteiger charge is -2.09. The number of ether oxygens (including phenoxy) is 2. The Kier molecular flexibility index (Phi) is 6.65. The number of halogens is 1. The van der Waals surface area contributed by atoms with Crippen molar-refractivity contribution >= 4 is 52.1 Å². The summed E-state index contributed by atoms with van der Waals surface area (Å²) in [6.07, 6.45) is 1.66. The number of hydrogen-bond acceptors (Lipinski definition) is 5. The zero-order valence-electron chi connectivity index (χ0n) is 17.2. The van der Waals surface area contributed by atoms with Crippen molar-refractivity contribution in [1.29, 1.82) is 0 Å². The number of rotatable bonds is 6. The summed E-state index contributed by atoms with van der Waals surface area (Å²) in [7, 11) is 0. The van der Waals surface area contributed by atoms with Crippen LogP contribution in [-0.4, -0.2) is 17.8 Å². The second-order valence-electron chi connectivity index (χ2n) is 7.05. The molecule has 32 heavy (non-hydrogen) atoms. The Morgan fingerprint density at radius 3 is 2.62 bits per heavy atom. The van der Waals surface area contributed by atoms with Crippen LogP contribution in [0.3, 0.4) is 0 Å². The van der Waals surface area contributed by atoms with Crippen molar-refractivity contribution < 1.29 is 19.1 Å². The van der Waals surface area contributed by atoms with Gasteiger partial charge in [0.05, 0.1) is 0 Å². The van der Waals surface area contributed by atoms with E-state index in [1.165, 1.54) is 6.92 Å². The monoisotopic (exact) mass is 538 g/mol. The molecule has 1 aliphatic rings.